The summed E-state index contributed by atoms with van der Waals surface area (Å²) in [7, 11) is 1.31. The number of methoxy groups -OCH3 is 1. The largest absolute Gasteiger partial charge is 0.468 e. The number of carbonyl (C=O) groups is 3. The van der Waals surface area contributed by atoms with Gasteiger partial charge in [0.25, 0.3) is 0 Å². The van der Waals surface area contributed by atoms with Crippen LogP contribution in [0.1, 0.15) is 154 Å². The van der Waals surface area contributed by atoms with E-state index in [1.165, 1.54) is 56.4 Å². The molecule has 64 heavy (non-hydrogen) atoms. The molecule has 0 saturated carbocycles. The Morgan fingerprint density at radius 2 is 1.59 bits per heavy atom. The molecule has 5 heterocycles. The van der Waals surface area contributed by atoms with Crippen LogP contribution in [-0.4, -0.2) is 46.4 Å². The van der Waals surface area contributed by atoms with E-state index in [0.29, 0.717) is 34.4 Å². The highest BCUT2D eigenvalue weighted by Gasteiger charge is 2.48. The number of carbonyl (C=O) groups excluding carboxylic acids is 3. The van der Waals surface area contributed by atoms with Gasteiger partial charge in [-0.3, -0.25) is 9.59 Å². The zero-order chi connectivity index (χ0) is 46.4. The van der Waals surface area contributed by atoms with Gasteiger partial charge in [-0.05, 0) is 118 Å². The summed E-state index contributed by atoms with van der Waals surface area (Å²) < 4.78 is 11.0. The summed E-state index contributed by atoms with van der Waals surface area (Å²) in [6.45, 7) is 25.9. The van der Waals surface area contributed by atoms with E-state index in [2.05, 4.69) is 120 Å². The molecule has 1 fully saturated rings. The maximum Gasteiger partial charge on any atom is 0.330 e. The lowest BCUT2D eigenvalue weighted by molar-refractivity contribution is -0.142. The van der Waals surface area contributed by atoms with Crippen molar-refractivity contribution in [3.63, 3.8) is 0 Å². The Hall–Kier alpha value is -5.57. The van der Waals surface area contributed by atoms with Crippen molar-refractivity contribution in [1.29, 1.82) is 0 Å². The van der Waals surface area contributed by atoms with Gasteiger partial charge in [-0.15, -0.1) is 0 Å². The lowest BCUT2D eigenvalue weighted by atomic mass is 9.87. The molecule has 3 aromatic rings. The van der Waals surface area contributed by atoms with E-state index in [1.807, 2.05) is 25.2 Å². The highest BCUT2D eigenvalue weighted by Crippen LogP contribution is 2.47. The Morgan fingerprint density at radius 3 is 2.30 bits per heavy atom. The third-order valence-electron chi connectivity index (χ3n) is 13.8. The Labute approximate surface area is 381 Å². The molecule has 3 aliphatic rings. The number of allylic oxidation sites excluding steroid dienone is 5. The molecule has 9 heteroatoms. The normalized spacial score (nSPS) is 22.2. The second-order valence-corrected chi connectivity index (χ2v) is 19.0. The van der Waals surface area contributed by atoms with Crippen LogP contribution in [0.3, 0.4) is 0 Å². The zero-order valence-electron chi connectivity index (χ0n) is 40.3. The molecule has 8 bridgehead atoms. The van der Waals surface area contributed by atoms with Crippen molar-refractivity contribution >= 4 is 47.6 Å². The number of Topliss-reactive ketones (excluding diaryl/α,β-unsaturated/α-hetero) is 1. The van der Waals surface area contributed by atoms with Gasteiger partial charge in [-0.25, -0.2) is 4.79 Å². The molecular weight excluding hydrogens is 797 g/mol. The minimum absolute atomic E-state index is 0.177. The van der Waals surface area contributed by atoms with E-state index in [4.69, 9.17) is 9.47 Å². The van der Waals surface area contributed by atoms with Crippen LogP contribution in [0.4, 0.5) is 0 Å². The van der Waals surface area contributed by atoms with E-state index < -0.39 is 23.8 Å². The Morgan fingerprint density at radius 1 is 0.891 bits per heavy atom. The number of fused-ring (bicyclic) bond motifs is 7. The Bertz CT molecular complexity index is 2540. The number of aromatic amines is 3. The van der Waals surface area contributed by atoms with Crippen molar-refractivity contribution in [2.75, 3.05) is 13.7 Å². The second-order valence-electron chi connectivity index (χ2n) is 19.0. The molecule has 3 aromatic heterocycles. The third kappa shape index (κ3) is 10.3. The molecule has 1 saturated heterocycles. The zero-order valence-corrected chi connectivity index (χ0v) is 40.3. The lowest BCUT2D eigenvalue weighted by Crippen LogP contribution is -2.25. The topological polar surface area (TPSA) is 129 Å². The van der Waals surface area contributed by atoms with Gasteiger partial charge in [0.1, 0.15) is 12.5 Å². The van der Waals surface area contributed by atoms with Gasteiger partial charge in [0.15, 0.2) is 5.78 Å². The van der Waals surface area contributed by atoms with Gasteiger partial charge in [-0.2, -0.15) is 0 Å². The summed E-state index contributed by atoms with van der Waals surface area (Å²) in [6.07, 6.45) is 27.2. The molecule has 9 nitrogen and oxygen atoms in total. The first-order valence-corrected chi connectivity index (χ1v) is 23.6. The van der Waals surface area contributed by atoms with Crippen LogP contribution in [0.5, 0.6) is 0 Å². The molecule has 342 valence electrons. The van der Waals surface area contributed by atoms with Crippen LogP contribution in [0.2, 0.25) is 0 Å². The van der Waals surface area contributed by atoms with E-state index in [1.54, 1.807) is 0 Å². The van der Waals surface area contributed by atoms with Crippen LogP contribution < -0.4 is 16.0 Å². The molecule has 0 aromatic carbocycles. The molecule has 2 aliphatic heterocycles. The summed E-state index contributed by atoms with van der Waals surface area (Å²) in [5, 5.41) is 5.59. The molecule has 4 N–H and O–H groups in total. The van der Waals surface area contributed by atoms with Gasteiger partial charge >= 0.3 is 11.9 Å². The summed E-state index contributed by atoms with van der Waals surface area (Å²) >= 11 is 0. The minimum Gasteiger partial charge on any atom is -0.468 e. The summed E-state index contributed by atoms with van der Waals surface area (Å²) in [6, 6.07) is 0. The fourth-order valence-corrected chi connectivity index (χ4v) is 9.80. The monoisotopic (exact) mass is 869 g/mol. The van der Waals surface area contributed by atoms with Crippen molar-refractivity contribution in [3.05, 3.63) is 121 Å². The molecule has 1 aliphatic carbocycles. The number of esters is 2. The first-order valence-electron chi connectivity index (χ1n) is 23.6. The van der Waals surface area contributed by atoms with Crippen LogP contribution in [0.25, 0.3) is 29.9 Å². The lowest BCUT2D eigenvalue weighted by Gasteiger charge is -2.17. The SMILES string of the molecule is C=Cc1c2[nH]c(c1C)/C=C1\N/C(=C3\c4[nH]c(c(C)c4C(=O)[C@@H]3C(=O)OC)/C=c3\[nH]/c(c(C)c3CC)=C\2)[C@@H](/C=C/C(=O)OC/C=C(\C)CCC[C@H](C)CCC[C@H](C)C/C=C/C(C)C)[C@@H]1C. The minimum atomic E-state index is -1.18. The van der Waals surface area contributed by atoms with Gasteiger partial charge in [0.2, 0.25) is 0 Å². The van der Waals surface area contributed by atoms with Crippen LogP contribution in [-0.2, 0) is 25.5 Å². The van der Waals surface area contributed by atoms with Crippen LogP contribution in [0.15, 0.2) is 53.9 Å². The van der Waals surface area contributed by atoms with Crippen molar-refractivity contribution in [2.45, 2.75) is 121 Å². The van der Waals surface area contributed by atoms with Crippen LogP contribution >= 0.6 is 0 Å². The number of ether oxygens (including phenoxy) is 2. The molecule has 0 unspecified atom stereocenters. The maximum atomic E-state index is 14.4. The van der Waals surface area contributed by atoms with Crippen LogP contribution in [0, 0.1) is 56.3 Å². The van der Waals surface area contributed by atoms with E-state index in [0.717, 1.165) is 80.9 Å². The molecule has 0 spiro atoms. The number of ketones is 1. The number of nitrogens with one attached hydrogen (secondary N) is 4. The molecule has 5 atom stereocenters. The average Bonchev–Trinajstić information content (AvgIpc) is 3.99. The predicted molar refractivity (Wildman–Crippen MR) is 261 cm³/mol. The number of hydrogen-bond donors (Lipinski definition) is 4. The maximum absolute atomic E-state index is 14.4. The van der Waals surface area contributed by atoms with Crippen molar-refractivity contribution < 1.29 is 23.9 Å². The van der Waals surface area contributed by atoms with Gasteiger partial charge < -0.3 is 29.7 Å². The van der Waals surface area contributed by atoms with E-state index >= 15 is 0 Å². The van der Waals surface area contributed by atoms with Crippen molar-refractivity contribution in [3.8, 4) is 0 Å². The standard InChI is InChI=1S/C55H72N4O5/c1-13-39-35(8)42-28-44-37(10)41(24-25-48(60)64-27-26-34(7)23-17-22-33(6)21-16-20-32(5)19-15-18-31(3)4)52(58-44)50-51(55(62)63-12)54(61)49-38(11)45(59-53(49)50)30-47-40(14-2)36(9)43(57-47)29-46(39)56-42/h13,15,18,24-26,28-33,37,41,51,56-59H,1,14,16-17,19-23,27H2,2-12H3/b18-15+,25-24+,34-26+,43-29-,44-28-,47-30-,52-50-/t32-,33-,37+,41+,51-/m1/s1. The fraction of sp³-hybridized carbons (Fsp3) is 0.473. The van der Waals surface area contributed by atoms with Gasteiger partial charge in [0, 0.05) is 73.8 Å². The molecule has 0 radical (unpaired) electrons. The predicted octanol–water partition coefficient (Wildman–Crippen LogP) is 10.6. The smallest absolute Gasteiger partial charge is 0.330 e. The van der Waals surface area contributed by atoms with Crippen molar-refractivity contribution in [2.24, 2.45) is 35.5 Å². The molecular formula is C55H72N4O5. The third-order valence-corrected chi connectivity index (χ3v) is 13.8. The molecule has 6 rings (SSSR count). The number of hydrogen-bond acceptors (Lipinski definition) is 6. The Balaban J connectivity index is 1.25. The average molecular weight is 869 g/mol. The number of H-pyrrole nitrogens is 3. The van der Waals surface area contributed by atoms with Gasteiger partial charge in [0.05, 0.1) is 12.8 Å². The number of aromatic nitrogens is 3. The van der Waals surface area contributed by atoms with Crippen molar-refractivity contribution in [1.82, 2.24) is 20.3 Å². The molecule has 0 amide bonds. The summed E-state index contributed by atoms with van der Waals surface area (Å²) in [4.78, 5) is 52.2. The van der Waals surface area contributed by atoms with E-state index in [-0.39, 0.29) is 18.3 Å². The highest BCUT2D eigenvalue weighted by molar-refractivity contribution is 6.24. The van der Waals surface area contributed by atoms with E-state index in [9.17, 15) is 14.4 Å². The van der Waals surface area contributed by atoms with Gasteiger partial charge in [-0.1, -0.05) is 104 Å². The fourth-order valence-electron chi connectivity index (χ4n) is 9.80. The first-order chi connectivity index (χ1) is 30.6. The second kappa shape index (κ2) is 21.0. The Kier molecular flexibility index (Phi) is 15.7. The summed E-state index contributed by atoms with van der Waals surface area (Å²) in [5.74, 6) is -1.12. The summed E-state index contributed by atoms with van der Waals surface area (Å²) in [5.41, 5.74) is 12.1. The first kappa shape index (κ1) is 47.9. The highest BCUT2D eigenvalue weighted by atomic mass is 16.5. The quantitative estimate of drug-likeness (QED) is 0.0436. The number of rotatable bonds is 18.